The second kappa shape index (κ2) is 3.84. The van der Waals surface area contributed by atoms with Crippen LogP contribution in [-0.4, -0.2) is 14.5 Å². The van der Waals surface area contributed by atoms with Crippen molar-refractivity contribution >= 4 is 16.9 Å². The molecule has 0 unspecified atom stereocenters. The highest BCUT2D eigenvalue weighted by atomic mass is 15.1. The minimum atomic E-state index is 0.785. The molecule has 4 heteroatoms. The Kier molecular flexibility index (Phi) is 2.30. The molecule has 0 aliphatic heterocycles. The Hall–Kier alpha value is -2.36. The molecule has 0 atom stereocenters. The third-order valence-electron chi connectivity index (χ3n) is 3.17. The number of benzene rings is 1. The molecular formula is C14H14N4. The first-order valence-corrected chi connectivity index (χ1v) is 5.81. The molecule has 0 saturated heterocycles. The molecule has 90 valence electrons. The van der Waals surface area contributed by atoms with Gasteiger partial charge in [-0.3, -0.25) is 0 Å². The number of fused-ring (bicyclic) bond motifs is 1. The van der Waals surface area contributed by atoms with Crippen LogP contribution >= 0.6 is 0 Å². The van der Waals surface area contributed by atoms with Crippen molar-refractivity contribution in [1.29, 1.82) is 0 Å². The number of nitrogen functional groups attached to an aromatic ring is 1. The molecule has 3 aromatic rings. The first kappa shape index (κ1) is 10.8. The number of rotatable bonds is 1. The maximum absolute atomic E-state index is 5.95. The fourth-order valence-corrected chi connectivity index (χ4v) is 2.06. The topological polar surface area (TPSA) is 56.7 Å². The van der Waals surface area contributed by atoms with Crippen LogP contribution in [0, 0.1) is 6.92 Å². The lowest BCUT2D eigenvalue weighted by Crippen LogP contribution is -1.95. The van der Waals surface area contributed by atoms with Crippen LogP contribution in [0.15, 0.2) is 36.5 Å². The quantitative estimate of drug-likeness (QED) is 0.663. The van der Waals surface area contributed by atoms with E-state index in [0.29, 0.717) is 0 Å². The summed E-state index contributed by atoms with van der Waals surface area (Å²) in [7, 11) is 1.97. The predicted octanol–water partition coefficient (Wildman–Crippen LogP) is 2.53. The van der Waals surface area contributed by atoms with E-state index in [1.54, 1.807) is 6.20 Å². The molecule has 0 aliphatic rings. The van der Waals surface area contributed by atoms with E-state index in [9.17, 15) is 0 Å². The number of hydrogen-bond acceptors (Lipinski definition) is 3. The standard InChI is InChI=1S/C14H14N4/c1-9-5-6-10(8-11(9)15)13-17-12-4-3-7-16-14(12)18(13)2/h3-8H,15H2,1-2H3. The minimum Gasteiger partial charge on any atom is -0.398 e. The van der Waals surface area contributed by atoms with E-state index in [1.807, 2.05) is 48.9 Å². The molecule has 1 aromatic carbocycles. The summed E-state index contributed by atoms with van der Waals surface area (Å²) in [6.45, 7) is 2.00. The molecular weight excluding hydrogens is 224 g/mol. The van der Waals surface area contributed by atoms with E-state index in [4.69, 9.17) is 5.73 Å². The molecule has 0 bridgehead atoms. The van der Waals surface area contributed by atoms with E-state index in [2.05, 4.69) is 9.97 Å². The van der Waals surface area contributed by atoms with Gasteiger partial charge in [0.05, 0.1) is 0 Å². The monoisotopic (exact) mass is 238 g/mol. The lowest BCUT2D eigenvalue weighted by molar-refractivity contribution is 0.942. The SMILES string of the molecule is Cc1ccc(-c2nc3cccnc3n2C)cc1N. The van der Waals surface area contributed by atoms with Crippen molar-refractivity contribution < 1.29 is 0 Å². The van der Waals surface area contributed by atoms with Gasteiger partial charge in [0, 0.05) is 24.5 Å². The summed E-state index contributed by atoms with van der Waals surface area (Å²) in [4.78, 5) is 8.93. The zero-order valence-electron chi connectivity index (χ0n) is 10.4. The van der Waals surface area contributed by atoms with Crippen LogP contribution in [0.5, 0.6) is 0 Å². The van der Waals surface area contributed by atoms with Gasteiger partial charge in [0.1, 0.15) is 11.3 Å². The van der Waals surface area contributed by atoms with E-state index in [-0.39, 0.29) is 0 Å². The second-order valence-corrected chi connectivity index (χ2v) is 4.41. The van der Waals surface area contributed by atoms with E-state index >= 15 is 0 Å². The summed E-state index contributed by atoms with van der Waals surface area (Å²) in [5.74, 6) is 0.885. The number of imidazole rings is 1. The Bertz CT molecular complexity index is 728. The van der Waals surface area contributed by atoms with Crippen LogP contribution in [0.25, 0.3) is 22.6 Å². The van der Waals surface area contributed by atoms with Gasteiger partial charge in [-0.25, -0.2) is 9.97 Å². The minimum absolute atomic E-state index is 0.785. The maximum Gasteiger partial charge on any atom is 0.159 e. The zero-order valence-corrected chi connectivity index (χ0v) is 10.4. The molecule has 2 heterocycles. The molecule has 2 aromatic heterocycles. The molecule has 4 nitrogen and oxygen atoms in total. The molecule has 2 N–H and O–H groups in total. The van der Waals surface area contributed by atoms with Crippen molar-refractivity contribution in [1.82, 2.24) is 14.5 Å². The largest absolute Gasteiger partial charge is 0.398 e. The summed E-state index contributed by atoms with van der Waals surface area (Å²) in [6.07, 6.45) is 1.78. The number of aromatic nitrogens is 3. The first-order valence-electron chi connectivity index (χ1n) is 5.81. The summed E-state index contributed by atoms with van der Waals surface area (Å²) < 4.78 is 1.99. The zero-order chi connectivity index (χ0) is 12.7. The van der Waals surface area contributed by atoms with Crippen LogP contribution in [0.4, 0.5) is 5.69 Å². The first-order chi connectivity index (χ1) is 8.66. The van der Waals surface area contributed by atoms with Crippen molar-refractivity contribution in [2.24, 2.45) is 7.05 Å². The van der Waals surface area contributed by atoms with E-state index in [0.717, 1.165) is 33.8 Å². The number of aryl methyl sites for hydroxylation is 2. The fourth-order valence-electron chi connectivity index (χ4n) is 2.06. The van der Waals surface area contributed by atoms with Gasteiger partial charge in [-0.1, -0.05) is 12.1 Å². The van der Waals surface area contributed by atoms with E-state index in [1.165, 1.54) is 0 Å². The Morgan fingerprint density at radius 1 is 1.22 bits per heavy atom. The van der Waals surface area contributed by atoms with Crippen molar-refractivity contribution in [2.45, 2.75) is 6.92 Å². The van der Waals surface area contributed by atoms with Crippen LogP contribution in [0.2, 0.25) is 0 Å². The molecule has 0 spiro atoms. The van der Waals surface area contributed by atoms with Gasteiger partial charge in [0.2, 0.25) is 0 Å². The Morgan fingerprint density at radius 3 is 2.78 bits per heavy atom. The number of nitrogens with zero attached hydrogens (tertiary/aromatic N) is 3. The van der Waals surface area contributed by atoms with Gasteiger partial charge >= 0.3 is 0 Å². The molecule has 3 rings (SSSR count). The smallest absolute Gasteiger partial charge is 0.159 e. The van der Waals surface area contributed by atoms with Crippen molar-refractivity contribution in [2.75, 3.05) is 5.73 Å². The van der Waals surface area contributed by atoms with Crippen molar-refractivity contribution in [3.05, 3.63) is 42.1 Å². The fraction of sp³-hybridized carbons (Fsp3) is 0.143. The van der Waals surface area contributed by atoms with Crippen LogP contribution in [0.1, 0.15) is 5.56 Å². The summed E-state index contributed by atoms with van der Waals surface area (Å²) in [6, 6.07) is 9.85. The molecule has 0 saturated carbocycles. The number of hydrogen-bond donors (Lipinski definition) is 1. The van der Waals surface area contributed by atoms with Gasteiger partial charge in [-0.05, 0) is 30.7 Å². The Labute approximate surface area is 105 Å². The lowest BCUT2D eigenvalue weighted by Gasteiger charge is -2.05. The number of pyridine rings is 1. The predicted molar refractivity (Wildman–Crippen MR) is 73.1 cm³/mol. The molecule has 0 radical (unpaired) electrons. The highest BCUT2D eigenvalue weighted by molar-refractivity contribution is 5.77. The van der Waals surface area contributed by atoms with Crippen molar-refractivity contribution in [3.63, 3.8) is 0 Å². The van der Waals surface area contributed by atoms with Crippen molar-refractivity contribution in [3.8, 4) is 11.4 Å². The average molecular weight is 238 g/mol. The second-order valence-electron chi connectivity index (χ2n) is 4.41. The molecule has 0 amide bonds. The van der Waals surface area contributed by atoms with E-state index < -0.39 is 0 Å². The van der Waals surface area contributed by atoms with Crippen LogP contribution in [-0.2, 0) is 7.05 Å². The highest BCUT2D eigenvalue weighted by Gasteiger charge is 2.10. The molecule has 0 fully saturated rings. The average Bonchev–Trinajstić information content (AvgIpc) is 2.71. The summed E-state index contributed by atoms with van der Waals surface area (Å²) in [5.41, 5.74) is 10.6. The van der Waals surface area contributed by atoms with Gasteiger partial charge in [0.25, 0.3) is 0 Å². The number of anilines is 1. The summed E-state index contributed by atoms with van der Waals surface area (Å²) >= 11 is 0. The Morgan fingerprint density at radius 2 is 2.06 bits per heavy atom. The number of nitrogens with two attached hydrogens (primary N) is 1. The highest BCUT2D eigenvalue weighted by Crippen LogP contribution is 2.25. The van der Waals surface area contributed by atoms with Gasteiger partial charge < -0.3 is 10.3 Å². The third kappa shape index (κ3) is 1.54. The normalized spacial score (nSPS) is 11.0. The maximum atomic E-state index is 5.95. The lowest BCUT2D eigenvalue weighted by atomic mass is 10.1. The third-order valence-corrected chi connectivity index (χ3v) is 3.17. The molecule has 0 aliphatic carbocycles. The summed E-state index contributed by atoms with van der Waals surface area (Å²) in [5, 5.41) is 0. The molecule has 18 heavy (non-hydrogen) atoms. The van der Waals surface area contributed by atoms with Crippen LogP contribution < -0.4 is 5.73 Å². The Balaban J connectivity index is 2.25. The van der Waals surface area contributed by atoms with Gasteiger partial charge in [0.15, 0.2) is 5.65 Å². The van der Waals surface area contributed by atoms with Gasteiger partial charge in [-0.15, -0.1) is 0 Å². The van der Waals surface area contributed by atoms with Gasteiger partial charge in [-0.2, -0.15) is 0 Å². The van der Waals surface area contributed by atoms with Crippen LogP contribution in [0.3, 0.4) is 0 Å².